The molecule has 3 aromatic rings. The highest BCUT2D eigenvalue weighted by Gasteiger charge is 2.26. The zero-order chi connectivity index (χ0) is 22.1. The van der Waals surface area contributed by atoms with Crippen molar-refractivity contribution in [3.05, 3.63) is 107 Å². The van der Waals surface area contributed by atoms with Crippen LogP contribution in [0.25, 0.3) is 0 Å². The van der Waals surface area contributed by atoms with Crippen molar-refractivity contribution in [1.29, 1.82) is 0 Å². The summed E-state index contributed by atoms with van der Waals surface area (Å²) in [5.74, 6) is -0.696. The van der Waals surface area contributed by atoms with Crippen molar-refractivity contribution in [3.63, 3.8) is 0 Å². The Morgan fingerprint density at radius 1 is 0.839 bits per heavy atom. The molecule has 5 heteroatoms. The van der Waals surface area contributed by atoms with Crippen LogP contribution < -0.4 is 5.32 Å². The van der Waals surface area contributed by atoms with Crippen molar-refractivity contribution in [2.24, 2.45) is 0 Å². The zero-order valence-corrected chi connectivity index (χ0v) is 17.6. The van der Waals surface area contributed by atoms with Gasteiger partial charge in [-0.15, -0.1) is 0 Å². The molecule has 0 aliphatic heterocycles. The third kappa shape index (κ3) is 6.78. The highest BCUT2D eigenvalue weighted by molar-refractivity contribution is 5.88. The van der Waals surface area contributed by atoms with E-state index in [1.165, 1.54) is 12.1 Å². The summed E-state index contributed by atoms with van der Waals surface area (Å²) in [7, 11) is 0. The molecule has 0 radical (unpaired) electrons. The maximum Gasteiger partial charge on any atom is 0.242 e. The van der Waals surface area contributed by atoms with Crippen molar-refractivity contribution in [1.82, 2.24) is 10.2 Å². The lowest BCUT2D eigenvalue weighted by Gasteiger charge is -2.29. The second-order valence-electron chi connectivity index (χ2n) is 7.51. The minimum atomic E-state index is -0.656. The van der Waals surface area contributed by atoms with Crippen molar-refractivity contribution in [2.45, 2.75) is 32.4 Å². The van der Waals surface area contributed by atoms with Gasteiger partial charge in [0.1, 0.15) is 11.9 Å². The third-order valence-corrected chi connectivity index (χ3v) is 5.19. The molecule has 0 saturated heterocycles. The molecule has 0 aliphatic carbocycles. The molecule has 3 rings (SSSR count). The maximum atomic E-state index is 13.3. The summed E-state index contributed by atoms with van der Waals surface area (Å²) in [5.41, 5.74) is 2.79. The molecule has 0 bridgehead atoms. The number of nitrogens with zero attached hydrogens (tertiary/aromatic N) is 1. The fourth-order valence-electron chi connectivity index (χ4n) is 3.36. The number of hydrogen-bond donors (Lipinski definition) is 1. The lowest BCUT2D eigenvalue weighted by Crippen LogP contribution is -2.48. The maximum absolute atomic E-state index is 13.3. The van der Waals surface area contributed by atoms with E-state index in [1.807, 2.05) is 60.7 Å². The summed E-state index contributed by atoms with van der Waals surface area (Å²) in [6.45, 7) is 2.45. The predicted molar refractivity (Wildman–Crippen MR) is 120 cm³/mol. The normalized spacial score (nSPS) is 11.5. The topological polar surface area (TPSA) is 49.4 Å². The van der Waals surface area contributed by atoms with E-state index in [1.54, 1.807) is 24.0 Å². The summed E-state index contributed by atoms with van der Waals surface area (Å²) in [4.78, 5) is 27.5. The fraction of sp³-hybridized carbons (Fsp3) is 0.231. The van der Waals surface area contributed by atoms with Crippen LogP contribution in [0.1, 0.15) is 23.6 Å². The second kappa shape index (κ2) is 11.1. The number of carbonyl (C=O) groups is 2. The van der Waals surface area contributed by atoms with Crippen molar-refractivity contribution in [2.75, 3.05) is 6.54 Å². The molecule has 0 fully saturated rings. The van der Waals surface area contributed by atoms with E-state index in [4.69, 9.17) is 0 Å². The summed E-state index contributed by atoms with van der Waals surface area (Å²) < 4.78 is 13.3. The largest absolute Gasteiger partial charge is 0.354 e. The predicted octanol–water partition coefficient (Wildman–Crippen LogP) is 4.14. The first-order valence-corrected chi connectivity index (χ1v) is 10.4. The molecule has 0 aliphatic rings. The average molecular weight is 419 g/mol. The molecule has 0 spiro atoms. The van der Waals surface area contributed by atoms with Crippen LogP contribution in [0.3, 0.4) is 0 Å². The summed E-state index contributed by atoms with van der Waals surface area (Å²) >= 11 is 0. The number of benzene rings is 3. The van der Waals surface area contributed by atoms with E-state index in [0.717, 1.165) is 23.1 Å². The standard InChI is InChI=1S/C26H27FN2O2/c1-20(26(31)28-17-16-21-8-4-2-5-9-21)29(19-23-12-14-24(27)15-13-23)25(30)18-22-10-6-3-7-11-22/h2-15,20H,16-19H2,1H3,(H,28,31). The van der Waals surface area contributed by atoms with Gasteiger partial charge in [-0.2, -0.15) is 0 Å². The van der Waals surface area contributed by atoms with Gasteiger partial charge in [-0.05, 0) is 42.2 Å². The van der Waals surface area contributed by atoms with Crippen LogP contribution in [-0.4, -0.2) is 29.3 Å². The van der Waals surface area contributed by atoms with Crippen LogP contribution in [0.2, 0.25) is 0 Å². The molecule has 3 aromatic carbocycles. The third-order valence-electron chi connectivity index (χ3n) is 5.19. The van der Waals surface area contributed by atoms with Crippen molar-refractivity contribution < 1.29 is 14.0 Å². The Hall–Kier alpha value is -3.47. The minimum absolute atomic E-state index is 0.152. The molecule has 2 amide bonds. The quantitative estimate of drug-likeness (QED) is 0.568. The summed E-state index contributed by atoms with van der Waals surface area (Å²) in [5, 5.41) is 2.93. The van der Waals surface area contributed by atoms with Gasteiger partial charge < -0.3 is 10.2 Å². The molecule has 0 saturated carbocycles. The minimum Gasteiger partial charge on any atom is -0.354 e. The van der Waals surface area contributed by atoms with Crippen LogP contribution in [0.4, 0.5) is 4.39 Å². The Morgan fingerprint density at radius 2 is 1.42 bits per heavy atom. The van der Waals surface area contributed by atoms with Gasteiger partial charge in [-0.3, -0.25) is 9.59 Å². The van der Waals surface area contributed by atoms with Gasteiger partial charge in [0.15, 0.2) is 0 Å². The first-order chi connectivity index (χ1) is 15.0. The van der Waals surface area contributed by atoms with Gasteiger partial charge >= 0.3 is 0 Å². The Labute approximate surface area is 182 Å². The number of hydrogen-bond acceptors (Lipinski definition) is 2. The smallest absolute Gasteiger partial charge is 0.242 e. The SMILES string of the molecule is CC(C(=O)NCCc1ccccc1)N(Cc1ccc(F)cc1)C(=O)Cc1ccccc1. The highest BCUT2D eigenvalue weighted by atomic mass is 19.1. The Bertz CT molecular complexity index is 975. The molecular weight excluding hydrogens is 391 g/mol. The van der Waals surface area contributed by atoms with Crippen molar-refractivity contribution in [3.8, 4) is 0 Å². The van der Waals surface area contributed by atoms with E-state index in [2.05, 4.69) is 5.32 Å². The van der Waals surface area contributed by atoms with Gasteiger partial charge in [-0.25, -0.2) is 4.39 Å². The molecule has 31 heavy (non-hydrogen) atoms. The number of halogens is 1. The Kier molecular flexibility index (Phi) is 7.93. The van der Waals surface area contributed by atoms with Crippen LogP contribution in [0.15, 0.2) is 84.9 Å². The molecule has 1 N–H and O–H groups in total. The second-order valence-corrected chi connectivity index (χ2v) is 7.51. The molecule has 0 heterocycles. The van der Waals surface area contributed by atoms with Crippen LogP contribution >= 0.6 is 0 Å². The van der Waals surface area contributed by atoms with Gasteiger partial charge in [0.25, 0.3) is 0 Å². The lowest BCUT2D eigenvalue weighted by atomic mass is 10.1. The van der Waals surface area contributed by atoms with E-state index in [9.17, 15) is 14.0 Å². The number of carbonyl (C=O) groups excluding carboxylic acids is 2. The fourth-order valence-corrected chi connectivity index (χ4v) is 3.36. The van der Waals surface area contributed by atoms with E-state index >= 15 is 0 Å². The van der Waals surface area contributed by atoms with Crippen LogP contribution in [0.5, 0.6) is 0 Å². The molecule has 0 aromatic heterocycles. The summed E-state index contributed by atoms with van der Waals surface area (Å²) in [6.07, 6.45) is 0.916. The first kappa shape index (κ1) is 22.2. The first-order valence-electron chi connectivity index (χ1n) is 10.4. The Morgan fingerprint density at radius 3 is 2.03 bits per heavy atom. The zero-order valence-electron chi connectivity index (χ0n) is 17.6. The highest BCUT2D eigenvalue weighted by Crippen LogP contribution is 2.13. The molecule has 4 nitrogen and oxygen atoms in total. The Balaban J connectivity index is 1.68. The lowest BCUT2D eigenvalue weighted by molar-refractivity contribution is -0.140. The summed E-state index contributed by atoms with van der Waals surface area (Å²) in [6, 6.07) is 24.7. The van der Waals surface area contributed by atoms with Crippen LogP contribution in [0, 0.1) is 5.82 Å². The van der Waals surface area contributed by atoms with Crippen molar-refractivity contribution >= 4 is 11.8 Å². The van der Waals surface area contributed by atoms with Gasteiger partial charge in [0.05, 0.1) is 6.42 Å². The molecule has 1 unspecified atom stereocenters. The monoisotopic (exact) mass is 418 g/mol. The van der Waals surface area contributed by atoms with E-state index < -0.39 is 6.04 Å². The number of rotatable bonds is 9. The number of nitrogens with one attached hydrogen (secondary N) is 1. The number of amides is 2. The molecule has 1 atom stereocenters. The van der Waals surface area contributed by atoms with Crippen LogP contribution in [-0.2, 0) is 29.0 Å². The van der Waals surface area contributed by atoms with E-state index in [0.29, 0.717) is 6.54 Å². The van der Waals surface area contributed by atoms with Gasteiger partial charge in [0, 0.05) is 13.1 Å². The van der Waals surface area contributed by atoms with E-state index in [-0.39, 0.29) is 30.6 Å². The average Bonchev–Trinajstić information content (AvgIpc) is 2.79. The van der Waals surface area contributed by atoms with Gasteiger partial charge in [-0.1, -0.05) is 72.8 Å². The molecular formula is C26H27FN2O2. The van der Waals surface area contributed by atoms with Gasteiger partial charge in [0.2, 0.25) is 11.8 Å². The molecule has 160 valence electrons.